The molecule has 5 heteroatoms. The van der Waals surface area contributed by atoms with Gasteiger partial charge in [-0.3, -0.25) is 15.1 Å². The lowest BCUT2D eigenvalue weighted by Crippen LogP contribution is -2.28. The number of aryl methyl sites for hydroxylation is 1. The zero-order chi connectivity index (χ0) is 22.8. The SMILES string of the molecule is Cc1nc2ccc(CNC3Cc4ccccc4C3)cc2c(-c2ccccc2)c1C(=O)NC#N. The summed E-state index contributed by atoms with van der Waals surface area (Å²) in [7, 11) is 0. The lowest BCUT2D eigenvalue weighted by Gasteiger charge is -2.16. The van der Waals surface area contributed by atoms with Crippen LogP contribution < -0.4 is 10.6 Å². The average molecular weight is 433 g/mol. The van der Waals surface area contributed by atoms with Crippen LogP contribution in [0.25, 0.3) is 22.0 Å². The first-order valence-corrected chi connectivity index (χ1v) is 11.1. The fraction of sp³-hybridized carbons (Fsp3) is 0.179. The Hall–Kier alpha value is -4.01. The minimum atomic E-state index is -0.435. The third-order valence-corrected chi connectivity index (χ3v) is 6.34. The number of nitrogens with one attached hydrogen (secondary N) is 2. The van der Waals surface area contributed by atoms with E-state index in [0.717, 1.165) is 47.0 Å². The number of benzene rings is 3. The fourth-order valence-corrected chi connectivity index (χ4v) is 4.80. The summed E-state index contributed by atoms with van der Waals surface area (Å²) in [5.41, 5.74) is 7.58. The molecule has 1 amide bonds. The maximum atomic E-state index is 12.8. The van der Waals surface area contributed by atoms with Crippen molar-refractivity contribution < 1.29 is 4.79 Å². The highest BCUT2D eigenvalue weighted by molar-refractivity contribution is 6.10. The molecule has 4 aromatic rings. The van der Waals surface area contributed by atoms with Crippen LogP contribution in [0.1, 0.15) is 32.7 Å². The molecule has 1 aliphatic carbocycles. The number of carbonyl (C=O) groups excluding carboxylic acids is 1. The topological polar surface area (TPSA) is 77.8 Å². The maximum Gasteiger partial charge on any atom is 0.266 e. The Morgan fingerprint density at radius 2 is 1.73 bits per heavy atom. The van der Waals surface area contributed by atoms with Gasteiger partial charge in [0.1, 0.15) is 0 Å². The van der Waals surface area contributed by atoms with Gasteiger partial charge >= 0.3 is 0 Å². The van der Waals surface area contributed by atoms with Crippen LogP contribution in [0.3, 0.4) is 0 Å². The molecule has 0 fully saturated rings. The van der Waals surface area contributed by atoms with Crippen LogP contribution >= 0.6 is 0 Å². The second-order valence-corrected chi connectivity index (χ2v) is 8.49. The van der Waals surface area contributed by atoms with E-state index >= 15 is 0 Å². The van der Waals surface area contributed by atoms with Crippen molar-refractivity contribution in [3.8, 4) is 17.3 Å². The molecule has 5 rings (SSSR count). The molecule has 1 aliphatic rings. The van der Waals surface area contributed by atoms with Gasteiger partial charge in [0, 0.05) is 23.5 Å². The molecule has 33 heavy (non-hydrogen) atoms. The molecule has 0 spiro atoms. The number of carbonyl (C=O) groups is 1. The van der Waals surface area contributed by atoms with Crippen LogP contribution in [0.5, 0.6) is 0 Å². The van der Waals surface area contributed by atoms with Crippen LogP contribution in [0.4, 0.5) is 0 Å². The van der Waals surface area contributed by atoms with E-state index in [2.05, 4.69) is 52.0 Å². The highest BCUT2D eigenvalue weighted by atomic mass is 16.1. The summed E-state index contributed by atoms with van der Waals surface area (Å²) < 4.78 is 0. The molecule has 0 saturated carbocycles. The highest BCUT2D eigenvalue weighted by Crippen LogP contribution is 2.34. The molecule has 1 heterocycles. The van der Waals surface area contributed by atoms with E-state index in [9.17, 15) is 4.79 Å². The number of hydrogen-bond acceptors (Lipinski definition) is 4. The smallest absolute Gasteiger partial charge is 0.266 e. The molecule has 0 saturated heterocycles. The Morgan fingerprint density at radius 1 is 1.03 bits per heavy atom. The Labute approximate surface area is 193 Å². The monoisotopic (exact) mass is 432 g/mol. The second-order valence-electron chi connectivity index (χ2n) is 8.49. The summed E-state index contributed by atoms with van der Waals surface area (Å²) in [4.78, 5) is 17.5. The lowest BCUT2D eigenvalue weighted by atomic mass is 9.93. The van der Waals surface area contributed by atoms with Crippen molar-refractivity contribution in [2.45, 2.75) is 32.4 Å². The first-order chi connectivity index (χ1) is 16.1. The van der Waals surface area contributed by atoms with E-state index in [0.29, 0.717) is 17.3 Å². The first-order valence-electron chi connectivity index (χ1n) is 11.1. The van der Waals surface area contributed by atoms with Gasteiger partial charge in [-0.05, 0) is 54.2 Å². The third kappa shape index (κ3) is 4.09. The van der Waals surface area contributed by atoms with E-state index < -0.39 is 5.91 Å². The molecule has 0 atom stereocenters. The van der Waals surface area contributed by atoms with E-state index in [4.69, 9.17) is 5.26 Å². The number of pyridine rings is 1. The first kappa shape index (κ1) is 20.9. The van der Waals surface area contributed by atoms with Crippen molar-refractivity contribution >= 4 is 16.8 Å². The standard InChI is InChI=1S/C28H24N4O/c1-18-26(28(33)31-17-29)27(20-7-3-2-4-8-20)24-13-19(11-12-25(24)32-18)16-30-23-14-21-9-5-6-10-22(21)15-23/h2-13,23,30H,14-16H2,1H3,(H,31,33). The summed E-state index contributed by atoms with van der Waals surface area (Å²) in [6, 6.07) is 25.1. The van der Waals surface area contributed by atoms with Gasteiger partial charge in [0.25, 0.3) is 5.91 Å². The van der Waals surface area contributed by atoms with Gasteiger partial charge in [-0.25, -0.2) is 0 Å². The van der Waals surface area contributed by atoms with Crippen molar-refractivity contribution in [1.29, 1.82) is 5.26 Å². The third-order valence-electron chi connectivity index (χ3n) is 6.34. The maximum absolute atomic E-state index is 12.8. The second kappa shape index (κ2) is 8.85. The Bertz CT molecular complexity index is 1360. The highest BCUT2D eigenvalue weighted by Gasteiger charge is 2.22. The average Bonchev–Trinajstić information content (AvgIpc) is 3.25. The summed E-state index contributed by atoms with van der Waals surface area (Å²) in [5, 5.41) is 15.9. The molecule has 0 unspecified atom stereocenters. The van der Waals surface area contributed by atoms with Gasteiger partial charge in [-0.1, -0.05) is 60.7 Å². The number of aromatic nitrogens is 1. The largest absolute Gasteiger partial charge is 0.309 e. The van der Waals surface area contributed by atoms with E-state index in [1.165, 1.54) is 11.1 Å². The van der Waals surface area contributed by atoms with E-state index in [1.807, 2.05) is 43.3 Å². The molecule has 0 aliphatic heterocycles. The van der Waals surface area contributed by atoms with Gasteiger partial charge in [0.2, 0.25) is 0 Å². The van der Waals surface area contributed by atoms with Crippen LogP contribution in [0.15, 0.2) is 72.8 Å². The number of nitrogens with zero attached hydrogens (tertiary/aromatic N) is 2. The van der Waals surface area contributed by atoms with Gasteiger partial charge < -0.3 is 5.32 Å². The summed E-state index contributed by atoms with van der Waals surface area (Å²) in [6.45, 7) is 2.54. The number of hydrogen-bond donors (Lipinski definition) is 2. The normalized spacial score (nSPS) is 13.0. The molecule has 5 nitrogen and oxygen atoms in total. The quantitative estimate of drug-likeness (QED) is 0.355. The van der Waals surface area contributed by atoms with Crippen molar-refractivity contribution in [2.24, 2.45) is 0 Å². The van der Waals surface area contributed by atoms with E-state index in [1.54, 1.807) is 6.19 Å². The van der Waals surface area contributed by atoms with Crippen LogP contribution in [0.2, 0.25) is 0 Å². The molecule has 162 valence electrons. The van der Waals surface area contributed by atoms with Crippen LogP contribution in [-0.2, 0) is 19.4 Å². The molecule has 3 aromatic carbocycles. The Kier molecular flexibility index (Phi) is 5.60. The van der Waals surface area contributed by atoms with Gasteiger partial charge in [-0.15, -0.1) is 0 Å². The molecule has 0 bridgehead atoms. The predicted octanol–water partition coefficient (Wildman–Crippen LogP) is 4.68. The fourth-order valence-electron chi connectivity index (χ4n) is 4.80. The van der Waals surface area contributed by atoms with E-state index in [-0.39, 0.29) is 0 Å². The van der Waals surface area contributed by atoms with Gasteiger partial charge in [0.05, 0.1) is 16.8 Å². The number of amides is 1. The molecule has 1 aromatic heterocycles. The Morgan fingerprint density at radius 3 is 2.42 bits per heavy atom. The molecular formula is C28H24N4O. The van der Waals surface area contributed by atoms with Crippen molar-refractivity contribution in [3.05, 3.63) is 101 Å². The number of fused-ring (bicyclic) bond motifs is 2. The number of rotatable bonds is 5. The Balaban J connectivity index is 1.52. The summed E-state index contributed by atoms with van der Waals surface area (Å²) in [6.07, 6.45) is 3.83. The minimum absolute atomic E-state index is 0.416. The molecule has 0 radical (unpaired) electrons. The van der Waals surface area contributed by atoms with Gasteiger partial charge in [-0.2, -0.15) is 5.26 Å². The van der Waals surface area contributed by atoms with Crippen molar-refractivity contribution in [2.75, 3.05) is 0 Å². The van der Waals surface area contributed by atoms with Crippen LogP contribution in [0, 0.1) is 18.4 Å². The predicted molar refractivity (Wildman–Crippen MR) is 129 cm³/mol. The van der Waals surface area contributed by atoms with Crippen molar-refractivity contribution in [3.63, 3.8) is 0 Å². The number of nitriles is 1. The van der Waals surface area contributed by atoms with Crippen LogP contribution in [-0.4, -0.2) is 16.9 Å². The zero-order valence-corrected chi connectivity index (χ0v) is 18.4. The van der Waals surface area contributed by atoms with Gasteiger partial charge in [0.15, 0.2) is 6.19 Å². The summed E-state index contributed by atoms with van der Waals surface area (Å²) in [5.74, 6) is -0.435. The molecular weight excluding hydrogens is 408 g/mol. The zero-order valence-electron chi connectivity index (χ0n) is 18.4. The molecule has 2 N–H and O–H groups in total. The lowest BCUT2D eigenvalue weighted by molar-refractivity contribution is 0.0972. The summed E-state index contributed by atoms with van der Waals surface area (Å²) >= 11 is 0. The minimum Gasteiger partial charge on any atom is -0.309 e. The van der Waals surface area contributed by atoms with Crippen molar-refractivity contribution in [1.82, 2.24) is 15.6 Å².